The van der Waals surface area contributed by atoms with Crippen LogP contribution in [-0.2, 0) is 4.79 Å². The van der Waals surface area contributed by atoms with E-state index < -0.39 is 11.6 Å². The number of piperidine rings is 1. The van der Waals surface area contributed by atoms with Crippen LogP contribution in [0.1, 0.15) is 20.3 Å². The Morgan fingerprint density at radius 2 is 2.14 bits per heavy atom. The van der Waals surface area contributed by atoms with Crippen LogP contribution in [-0.4, -0.2) is 28.8 Å². The van der Waals surface area contributed by atoms with E-state index in [0.717, 1.165) is 5.71 Å². The third kappa shape index (κ3) is 3.06. The lowest BCUT2D eigenvalue weighted by Gasteiger charge is -2.37. The molecule has 0 saturated carbocycles. The summed E-state index contributed by atoms with van der Waals surface area (Å²) in [5, 5.41) is 2.39. The first-order chi connectivity index (χ1) is 10.1. The molecule has 1 N–H and O–H groups in total. The Labute approximate surface area is 129 Å². The molecular formula is C14H13F3N2O2S. The molecule has 0 radical (unpaired) electrons. The normalized spacial score (nSPS) is 23.0. The maximum absolute atomic E-state index is 12.3. The number of carbonyl (C=O) groups is 1. The van der Waals surface area contributed by atoms with E-state index in [1.54, 1.807) is 0 Å². The molecule has 0 aromatic heterocycles. The van der Waals surface area contributed by atoms with E-state index in [9.17, 15) is 18.0 Å². The zero-order chi connectivity index (χ0) is 16.1. The van der Waals surface area contributed by atoms with Gasteiger partial charge in [0.2, 0.25) is 5.91 Å². The number of nitrogens with one attached hydrogen (secondary N) is 1. The highest BCUT2D eigenvalue weighted by Crippen LogP contribution is 2.43. The van der Waals surface area contributed by atoms with Crippen molar-refractivity contribution in [1.29, 1.82) is 0 Å². The number of carbonyl (C=O) groups excluding carboxylic acids is 1. The third-order valence-electron chi connectivity index (χ3n) is 3.30. The first kappa shape index (κ1) is 15.2. The highest BCUT2D eigenvalue weighted by Gasteiger charge is 2.40. The Kier molecular flexibility index (Phi) is 3.39. The molecule has 0 bridgehead atoms. The monoisotopic (exact) mass is 330 g/mol. The minimum Gasteiger partial charge on any atom is -0.406 e. The molecule has 0 spiro atoms. The molecule has 1 saturated heterocycles. The summed E-state index contributed by atoms with van der Waals surface area (Å²) in [5.41, 5.74) is 0.941. The van der Waals surface area contributed by atoms with Crippen molar-refractivity contribution < 1.29 is 22.7 Å². The first-order valence-electron chi connectivity index (χ1n) is 6.59. The number of rotatable bonds is 1. The summed E-state index contributed by atoms with van der Waals surface area (Å²) in [4.78, 5) is 17.1. The predicted octanol–water partition coefficient (Wildman–Crippen LogP) is 3.43. The van der Waals surface area contributed by atoms with Gasteiger partial charge >= 0.3 is 6.36 Å². The molecule has 1 fully saturated rings. The van der Waals surface area contributed by atoms with Gasteiger partial charge in [-0.3, -0.25) is 9.79 Å². The van der Waals surface area contributed by atoms with Crippen molar-refractivity contribution in [2.75, 3.05) is 0 Å². The quantitative estimate of drug-likeness (QED) is 0.858. The van der Waals surface area contributed by atoms with Crippen LogP contribution >= 0.6 is 11.8 Å². The minimum atomic E-state index is -4.74. The number of hydrogen-bond acceptors (Lipinski definition) is 4. The van der Waals surface area contributed by atoms with E-state index in [4.69, 9.17) is 0 Å². The summed E-state index contributed by atoms with van der Waals surface area (Å²) in [6.45, 7) is 3.81. The van der Waals surface area contributed by atoms with E-state index in [1.807, 2.05) is 13.8 Å². The van der Waals surface area contributed by atoms with E-state index >= 15 is 0 Å². The zero-order valence-electron chi connectivity index (χ0n) is 11.8. The third-order valence-corrected chi connectivity index (χ3v) is 4.60. The average Bonchev–Trinajstić information content (AvgIpc) is 2.34. The van der Waals surface area contributed by atoms with Crippen LogP contribution < -0.4 is 10.1 Å². The van der Waals surface area contributed by atoms with Gasteiger partial charge in [0.25, 0.3) is 0 Å². The van der Waals surface area contributed by atoms with Gasteiger partial charge in [0.15, 0.2) is 0 Å². The molecule has 1 amide bonds. The van der Waals surface area contributed by atoms with Crippen LogP contribution in [0, 0.1) is 0 Å². The van der Waals surface area contributed by atoms with Crippen molar-refractivity contribution in [3.8, 4) is 5.75 Å². The molecule has 2 aliphatic heterocycles. The van der Waals surface area contributed by atoms with Crippen molar-refractivity contribution >= 4 is 29.1 Å². The average molecular weight is 330 g/mol. The summed E-state index contributed by atoms with van der Waals surface area (Å²) in [7, 11) is 0. The van der Waals surface area contributed by atoms with Gasteiger partial charge in [-0.25, -0.2) is 0 Å². The summed E-state index contributed by atoms with van der Waals surface area (Å²) < 4.78 is 40.7. The lowest BCUT2D eigenvalue weighted by molar-refractivity contribution is -0.274. The second-order valence-electron chi connectivity index (χ2n) is 5.83. The maximum atomic E-state index is 12.3. The number of halogens is 3. The molecule has 1 aromatic carbocycles. The van der Waals surface area contributed by atoms with Crippen molar-refractivity contribution in [2.45, 2.75) is 42.3 Å². The largest absolute Gasteiger partial charge is 0.573 e. The smallest absolute Gasteiger partial charge is 0.406 e. The SMILES string of the molecule is CC1(C)CC2=Nc3ccc(OC(F)(F)F)cc3SC2C(=O)N1. The summed E-state index contributed by atoms with van der Waals surface area (Å²) in [6.07, 6.45) is -4.13. The fourth-order valence-corrected chi connectivity index (χ4v) is 3.63. The fraction of sp³-hybridized carbons (Fsp3) is 0.429. The van der Waals surface area contributed by atoms with E-state index in [1.165, 1.54) is 30.0 Å². The van der Waals surface area contributed by atoms with Crippen molar-refractivity contribution in [2.24, 2.45) is 4.99 Å². The zero-order valence-corrected chi connectivity index (χ0v) is 12.6. The summed E-state index contributed by atoms with van der Waals surface area (Å²) >= 11 is 1.20. The molecule has 0 aliphatic carbocycles. The van der Waals surface area contributed by atoms with Crippen LogP contribution in [0.25, 0.3) is 0 Å². The fourth-order valence-electron chi connectivity index (χ4n) is 2.52. The van der Waals surface area contributed by atoms with Gasteiger partial charge in [0.1, 0.15) is 11.0 Å². The number of hydrogen-bond donors (Lipinski definition) is 1. The van der Waals surface area contributed by atoms with Gasteiger partial charge in [-0.2, -0.15) is 0 Å². The molecule has 1 unspecified atom stereocenters. The second kappa shape index (κ2) is 4.91. The molecule has 22 heavy (non-hydrogen) atoms. The van der Waals surface area contributed by atoms with E-state index in [0.29, 0.717) is 17.0 Å². The lowest BCUT2D eigenvalue weighted by atomic mass is 9.90. The number of thioether (sulfide) groups is 1. The Morgan fingerprint density at radius 3 is 2.82 bits per heavy atom. The van der Waals surface area contributed by atoms with Gasteiger partial charge in [-0.1, -0.05) is 0 Å². The Morgan fingerprint density at radius 1 is 1.41 bits per heavy atom. The van der Waals surface area contributed by atoms with Crippen molar-refractivity contribution in [1.82, 2.24) is 5.32 Å². The number of amides is 1. The van der Waals surface area contributed by atoms with E-state index in [-0.39, 0.29) is 17.2 Å². The number of aliphatic imine (C=N–C) groups is 1. The molecule has 8 heteroatoms. The number of ether oxygens (including phenoxy) is 1. The second-order valence-corrected chi connectivity index (χ2v) is 6.98. The molecule has 1 aromatic rings. The molecule has 118 valence electrons. The maximum Gasteiger partial charge on any atom is 0.573 e. The topological polar surface area (TPSA) is 50.7 Å². The van der Waals surface area contributed by atoms with Crippen LogP contribution in [0.5, 0.6) is 5.75 Å². The lowest BCUT2D eigenvalue weighted by Crippen LogP contribution is -2.56. The van der Waals surface area contributed by atoms with Crippen molar-refractivity contribution in [3.05, 3.63) is 18.2 Å². The summed E-state index contributed by atoms with van der Waals surface area (Å²) in [6, 6.07) is 3.97. The molecule has 1 atom stereocenters. The van der Waals surface area contributed by atoms with Crippen LogP contribution in [0.15, 0.2) is 28.1 Å². The summed E-state index contributed by atoms with van der Waals surface area (Å²) in [5.74, 6) is -0.484. The Bertz CT molecular complexity index is 671. The van der Waals surface area contributed by atoms with Gasteiger partial charge in [0.05, 0.1) is 5.69 Å². The van der Waals surface area contributed by atoms with Gasteiger partial charge in [-0.15, -0.1) is 24.9 Å². The molecule has 3 rings (SSSR count). The van der Waals surface area contributed by atoms with Crippen LogP contribution in [0.2, 0.25) is 0 Å². The van der Waals surface area contributed by atoms with E-state index in [2.05, 4.69) is 15.0 Å². The highest BCUT2D eigenvalue weighted by molar-refractivity contribution is 8.01. The van der Waals surface area contributed by atoms with Gasteiger partial charge < -0.3 is 10.1 Å². The Balaban J connectivity index is 1.93. The van der Waals surface area contributed by atoms with Crippen molar-refractivity contribution in [3.63, 3.8) is 0 Å². The standard InChI is InChI=1S/C14H13F3N2O2S/c1-13(2)6-9-11(12(20)19-13)22-10-5-7(21-14(15,16)17)3-4-8(10)18-9/h3-5,11H,6H2,1-2H3,(H,19,20). The highest BCUT2D eigenvalue weighted by atomic mass is 32.2. The number of nitrogens with zero attached hydrogens (tertiary/aromatic N) is 1. The molecule has 4 nitrogen and oxygen atoms in total. The van der Waals surface area contributed by atoms with Crippen LogP contribution in [0.4, 0.5) is 18.9 Å². The van der Waals surface area contributed by atoms with Gasteiger partial charge in [-0.05, 0) is 32.0 Å². The number of benzene rings is 1. The molecule has 2 heterocycles. The number of fused-ring (bicyclic) bond motifs is 2. The molecular weight excluding hydrogens is 317 g/mol. The molecule has 2 aliphatic rings. The van der Waals surface area contributed by atoms with Gasteiger partial charge in [0, 0.05) is 22.6 Å². The Hall–Kier alpha value is -1.70. The minimum absolute atomic E-state index is 0.173. The number of alkyl halides is 3. The van der Waals surface area contributed by atoms with Crippen LogP contribution in [0.3, 0.4) is 0 Å². The first-order valence-corrected chi connectivity index (χ1v) is 7.47. The predicted molar refractivity (Wildman–Crippen MR) is 76.7 cm³/mol.